The van der Waals surface area contributed by atoms with Gasteiger partial charge in [0.05, 0.1) is 22.5 Å². The summed E-state index contributed by atoms with van der Waals surface area (Å²) in [5, 5.41) is 18.9. The number of benzene rings is 2. The molecule has 0 heterocycles. The number of aromatic hydroxyl groups is 1. The maximum atomic E-state index is 12.6. The van der Waals surface area contributed by atoms with Gasteiger partial charge in [0.25, 0.3) is 0 Å². The first-order chi connectivity index (χ1) is 9.90. The van der Waals surface area contributed by atoms with E-state index in [0.29, 0.717) is 0 Å². The van der Waals surface area contributed by atoms with Gasteiger partial charge < -0.3 is 9.84 Å². The molecule has 0 aliphatic heterocycles. The second-order valence-electron chi connectivity index (χ2n) is 4.09. The largest absolute Gasteiger partial charge is 0.504 e. The SMILES string of the molecule is COc1cc(S(=O)(=O)c2ccc(Cl)cc2C#N)ccc1O. The minimum atomic E-state index is -3.92. The van der Waals surface area contributed by atoms with Crippen molar-refractivity contribution in [2.24, 2.45) is 0 Å². The molecule has 0 saturated heterocycles. The topological polar surface area (TPSA) is 87.4 Å². The molecule has 0 aliphatic rings. The molecule has 0 radical (unpaired) electrons. The summed E-state index contributed by atoms with van der Waals surface area (Å²) in [7, 11) is -2.61. The third-order valence-corrected chi connectivity index (χ3v) is 4.86. The Balaban J connectivity index is 2.66. The fourth-order valence-corrected chi connectivity index (χ4v) is 3.35. The molecular weight excluding hydrogens is 314 g/mol. The van der Waals surface area contributed by atoms with E-state index in [4.69, 9.17) is 21.6 Å². The van der Waals surface area contributed by atoms with Crippen LogP contribution in [0.15, 0.2) is 46.2 Å². The van der Waals surface area contributed by atoms with Crippen LogP contribution in [-0.2, 0) is 9.84 Å². The van der Waals surface area contributed by atoms with Crippen molar-refractivity contribution in [3.63, 3.8) is 0 Å². The number of sulfone groups is 1. The third kappa shape index (κ3) is 2.79. The molecule has 1 N–H and O–H groups in total. The highest BCUT2D eigenvalue weighted by molar-refractivity contribution is 7.91. The number of rotatable bonds is 3. The van der Waals surface area contributed by atoms with Gasteiger partial charge in [-0.15, -0.1) is 0 Å². The Bertz CT molecular complexity index is 841. The highest BCUT2D eigenvalue weighted by Crippen LogP contribution is 2.32. The van der Waals surface area contributed by atoms with Crippen molar-refractivity contribution in [1.82, 2.24) is 0 Å². The zero-order chi connectivity index (χ0) is 15.6. The number of ether oxygens (including phenoxy) is 1. The van der Waals surface area contributed by atoms with Crippen LogP contribution in [0.3, 0.4) is 0 Å². The first kappa shape index (κ1) is 15.2. The summed E-state index contributed by atoms with van der Waals surface area (Å²) >= 11 is 5.76. The summed E-state index contributed by atoms with van der Waals surface area (Å²) in [4.78, 5) is -0.238. The number of hydrogen-bond acceptors (Lipinski definition) is 5. The fraction of sp³-hybridized carbons (Fsp3) is 0.0714. The predicted octanol–water partition coefficient (Wildman–Crippen LogP) is 2.76. The van der Waals surface area contributed by atoms with E-state index in [1.165, 1.54) is 43.5 Å². The van der Waals surface area contributed by atoms with Crippen LogP contribution in [-0.4, -0.2) is 20.6 Å². The number of phenolic OH excluding ortho intramolecular Hbond substituents is 1. The number of halogens is 1. The van der Waals surface area contributed by atoms with E-state index in [9.17, 15) is 13.5 Å². The quantitative estimate of drug-likeness (QED) is 0.938. The molecule has 0 aromatic heterocycles. The zero-order valence-electron chi connectivity index (χ0n) is 10.9. The number of nitrogens with zero attached hydrogens (tertiary/aromatic N) is 1. The second kappa shape index (κ2) is 5.64. The highest BCUT2D eigenvalue weighted by atomic mass is 35.5. The first-order valence-electron chi connectivity index (χ1n) is 5.72. The molecule has 0 unspecified atom stereocenters. The smallest absolute Gasteiger partial charge is 0.208 e. The summed E-state index contributed by atoms with van der Waals surface area (Å²) < 4.78 is 30.0. The molecular formula is C14H10ClNO4S. The molecule has 21 heavy (non-hydrogen) atoms. The molecule has 5 nitrogen and oxygen atoms in total. The lowest BCUT2D eigenvalue weighted by atomic mass is 10.2. The lowest BCUT2D eigenvalue weighted by Gasteiger charge is -2.09. The molecule has 2 aromatic rings. The van der Waals surface area contributed by atoms with Crippen LogP contribution in [0.5, 0.6) is 11.5 Å². The van der Waals surface area contributed by atoms with Crippen LogP contribution in [0.4, 0.5) is 0 Å². The van der Waals surface area contributed by atoms with Gasteiger partial charge in [-0.25, -0.2) is 8.42 Å². The van der Waals surface area contributed by atoms with E-state index in [0.717, 1.165) is 0 Å². The average molecular weight is 324 g/mol. The van der Waals surface area contributed by atoms with Crippen LogP contribution >= 0.6 is 11.6 Å². The highest BCUT2D eigenvalue weighted by Gasteiger charge is 2.23. The Morgan fingerprint density at radius 1 is 1.24 bits per heavy atom. The Labute approximate surface area is 126 Å². The summed E-state index contributed by atoms with van der Waals surface area (Å²) in [6.07, 6.45) is 0. The molecule has 108 valence electrons. The predicted molar refractivity (Wildman–Crippen MR) is 76.3 cm³/mol. The second-order valence-corrected chi connectivity index (χ2v) is 6.44. The number of hydrogen-bond donors (Lipinski definition) is 1. The minimum absolute atomic E-state index is 0.0311. The zero-order valence-corrected chi connectivity index (χ0v) is 12.4. The maximum Gasteiger partial charge on any atom is 0.208 e. The third-order valence-electron chi connectivity index (χ3n) is 2.81. The molecule has 0 amide bonds. The van der Waals surface area contributed by atoms with Crippen molar-refractivity contribution >= 4 is 21.4 Å². The Morgan fingerprint density at radius 3 is 2.57 bits per heavy atom. The van der Waals surface area contributed by atoms with Crippen LogP contribution < -0.4 is 4.74 Å². The van der Waals surface area contributed by atoms with Crippen molar-refractivity contribution in [3.05, 3.63) is 47.0 Å². The van der Waals surface area contributed by atoms with E-state index in [-0.39, 0.29) is 31.9 Å². The van der Waals surface area contributed by atoms with Crippen LogP contribution in [0, 0.1) is 11.3 Å². The van der Waals surface area contributed by atoms with Crippen molar-refractivity contribution < 1.29 is 18.3 Å². The minimum Gasteiger partial charge on any atom is -0.504 e. The van der Waals surface area contributed by atoms with Gasteiger partial charge in [-0.1, -0.05) is 11.6 Å². The lowest BCUT2D eigenvalue weighted by molar-refractivity contribution is 0.372. The summed E-state index contributed by atoms with van der Waals surface area (Å²) in [5.74, 6) is -0.142. The summed E-state index contributed by atoms with van der Waals surface area (Å²) in [6, 6.07) is 9.41. The van der Waals surface area contributed by atoms with Gasteiger partial charge in [0.2, 0.25) is 9.84 Å². The van der Waals surface area contributed by atoms with E-state index in [1.54, 1.807) is 0 Å². The van der Waals surface area contributed by atoms with Crippen molar-refractivity contribution in [3.8, 4) is 17.6 Å². The van der Waals surface area contributed by atoms with E-state index in [1.807, 2.05) is 6.07 Å². The van der Waals surface area contributed by atoms with E-state index in [2.05, 4.69) is 0 Å². The molecule has 0 bridgehead atoms. The number of methoxy groups -OCH3 is 1. The molecule has 0 saturated carbocycles. The number of phenols is 1. The first-order valence-corrected chi connectivity index (χ1v) is 7.58. The van der Waals surface area contributed by atoms with E-state index >= 15 is 0 Å². The lowest BCUT2D eigenvalue weighted by Crippen LogP contribution is -2.05. The van der Waals surface area contributed by atoms with Gasteiger partial charge >= 0.3 is 0 Å². The normalized spacial score (nSPS) is 10.9. The Morgan fingerprint density at radius 2 is 1.95 bits per heavy atom. The van der Waals surface area contributed by atoms with Crippen LogP contribution in [0.2, 0.25) is 5.02 Å². The molecule has 7 heteroatoms. The van der Waals surface area contributed by atoms with E-state index < -0.39 is 9.84 Å². The molecule has 0 fully saturated rings. The van der Waals surface area contributed by atoms with Crippen molar-refractivity contribution in [2.75, 3.05) is 7.11 Å². The average Bonchev–Trinajstić information content (AvgIpc) is 2.47. The van der Waals surface area contributed by atoms with Gasteiger partial charge in [0, 0.05) is 11.1 Å². The van der Waals surface area contributed by atoms with Crippen molar-refractivity contribution in [2.45, 2.75) is 9.79 Å². The molecule has 0 aliphatic carbocycles. The molecule has 2 rings (SSSR count). The standard InChI is InChI=1S/C14H10ClNO4S/c1-20-13-7-11(3-4-12(13)17)21(18,19)14-5-2-10(15)6-9(14)8-16/h2-7,17H,1H3. The monoisotopic (exact) mass is 323 g/mol. The maximum absolute atomic E-state index is 12.6. The molecule has 0 atom stereocenters. The van der Waals surface area contributed by atoms with Crippen LogP contribution in [0.25, 0.3) is 0 Å². The number of nitriles is 1. The summed E-state index contributed by atoms with van der Waals surface area (Å²) in [6.45, 7) is 0. The van der Waals surface area contributed by atoms with Crippen molar-refractivity contribution in [1.29, 1.82) is 5.26 Å². The van der Waals surface area contributed by atoms with Gasteiger partial charge in [-0.3, -0.25) is 0 Å². The Kier molecular flexibility index (Phi) is 4.07. The Hall–Kier alpha value is -2.23. The van der Waals surface area contributed by atoms with Gasteiger partial charge in [0.15, 0.2) is 11.5 Å². The van der Waals surface area contributed by atoms with Crippen LogP contribution in [0.1, 0.15) is 5.56 Å². The van der Waals surface area contributed by atoms with Gasteiger partial charge in [-0.05, 0) is 30.3 Å². The van der Waals surface area contributed by atoms with Gasteiger partial charge in [0.1, 0.15) is 6.07 Å². The summed E-state index contributed by atoms with van der Waals surface area (Å²) in [5.41, 5.74) is -0.0467. The molecule has 2 aromatic carbocycles. The van der Waals surface area contributed by atoms with Gasteiger partial charge in [-0.2, -0.15) is 5.26 Å². The molecule has 0 spiro atoms. The fourth-order valence-electron chi connectivity index (χ4n) is 1.78.